The average Bonchev–Trinajstić information content (AvgIpc) is 2.64. The van der Waals surface area contributed by atoms with E-state index in [0.29, 0.717) is 0 Å². The zero-order chi connectivity index (χ0) is 18.7. The number of hydrogen-bond acceptors (Lipinski definition) is 0. The molecule has 0 spiro atoms. The smallest absolute Gasteiger partial charge is 0.0233 e. The Morgan fingerprint density at radius 2 is 1.30 bits per heavy atom. The molecule has 0 heterocycles. The van der Waals surface area contributed by atoms with Gasteiger partial charge >= 0.3 is 0 Å². The summed E-state index contributed by atoms with van der Waals surface area (Å²) in [7, 11) is 0. The zero-order valence-corrected chi connectivity index (χ0v) is 18.5. The highest BCUT2D eigenvalue weighted by Gasteiger charge is 2.68. The van der Waals surface area contributed by atoms with Gasteiger partial charge in [0.2, 0.25) is 0 Å². The molecule has 0 unspecified atom stereocenters. The van der Waals surface area contributed by atoms with E-state index >= 15 is 0 Å². The molecule has 0 aromatic heterocycles. The molecule has 5 aliphatic carbocycles. The van der Waals surface area contributed by atoms with Crippen LogP contribution in [0.3, 0.4) is 0 Å². The van der Waals surface area contributed by atoms with E-state index in [1.54, 1.807) is 32.1 Å². The van der Waals surface area contributed by atoms with Crippen molar-refractivity contribution in [1.82, 2.24) is 0 Å². The first-order valence-electron chi connectivity index (χ1n) is 12.9. The molecule has 0 heteroatoms. The lowest BCUT2D eigenvalue weighted by molar-refractivity contribution is -0.245. The molecule has 0 aromatic rings. The lowest BCUT2D eigenvalue weighted by Gasteiger charge is -2.75. The summed E-state index contributed by atoms with van der Waals surface area (Å²) in [6.07, 6.45) is 30.9. The summed E-state index contributed by atoms with van der Waals surface area (Å²) >= 11 is 0. The maximum atomic E-state index is 2.67. The van der Waals surface area contributed by atoms with Gasteiger partial charge in [0.15, 0.2) is 0 Å². The van der Waals surface area contributed by atoms with Gasteiger partial charge in [-0.15, -0.1) is 0 Å². The Labute approximate surface area is 170 Å². The van der Waals surface area contributed by atoms with Crippen molar-refractivity contribution in [1.29, 1.82) is 0 Å². The van der Waals surface area contributed by atoms with Gasteiger partial charge in [-0.05, 0) is 112 Å². The molecule has 5 rings (SSSR count). The molecule has 154 valence electrons. The van der Waals surface area contributed by atoms with Crippen LogP contribution in [0.15, 0.2) is 12.2 Å². The van der Waals surface area contributed by atoms with E-state index in [1.165, 1.54) is 77.0 Å². The topological polar surface area (TPSA) is 0 Å². The molecular weight excluding hydrogens is 324 g/mol. The quantitative estimate of drug-likeness (QED) is 0.281. The van der Waals surface area contributed by atoms with Crippen molar-refractivity contribution in [3.05, 3.63) is 12.2 Å². The second-order valence-electron chi connectivity index (χ2n) is 11.4. The van der Waals surface area contributed by atoms with Gasteiger partial charge in [0.05, 0.1) is 0 Å². The molecule has 2 bridgehead atoms. The fourth-order valence-electron chi connectivity index (χ4n) is 7.90. The summed E-state index contributed by atoms with van der Waals surface area (Å²) in [5.41, 5.74) is 1.70. The number of hydrogen-bond donors (Lipinski definition) is 0. The van der Waals surface area contributed by atoms with Gasteiger partial charge in [0, 0.05) is 0 Å². The molecule has 0 aliphatic heterocycles. The second-order valence-corrected chi connectivity index (χ2v) is 11.4. The summed E-state index contributed by atoms with van der Waals surface area (Å²) in [6.45, 7) is 4.70. The van der Waals surface area contributed by atoms with E-state index in [9.17, 15) is 0 Å². The van der Waals surface area contributed by atoms with Crippen LogP contribution < -0.4 is 0 Å². The average molecular weight is 371 g/mol. The fraction of sp³-hybridized carbons (Fsp3) is 0.926. The largest absolute Gasteiger partial charge is 0.0851 e. The fourth-order valence-corrected chi connectivity index (χ4v) is 7.90. The minimum atomic E-state index is 0.847. The first-order chi connectivity index (χ1) is 13.2. The molecule has 0 atom stereocenters. The Bertz CT molecular complexity index is 464. The van der Waals surface area contributed by atoms with Crippen LogP contribution in [0, 0.1) is 34.5 Å². The van der Waals surface area contributed by atoms with Gasteiger partial charge in [0.1, 0.15) is 0 Å². The van der Waals surface area contributed by atoms with E-state index in [0.717, 1.165) is 34.5 Å². The Kier molecular flexibility index (Phi) is 6.40. The predicted octanol–water partition coefficient (Wildman–Crippen LogP) is 8.71. The predicted molar refractivity (Wildman–Crippen MR) is 118 cm³/mol. The Morgan fingerprint density at radius 3 is 1.85 bits per heavy atom. The van der Waals surface area contributed by atoms with Crippen molar-refractivity contribution in [2.45, 2.75) is 123 Å². The zero-order valence-electron chi connectivity index (χ0n) is 18.5. The maximum Gasteiger partial charge on any atom is -0.0233 e. The van der Waals surface area contributed by atoms with Crippen molar-refractivity contribution in [2.24, 2.45) is 34.5 Å². The Balaban J connectivity index is 1.13. The maximum absolute atomic E-state index is 2.67. The highest BCUT2D eigenvalue weighted by Crippen LogP contribution is 2.79. The summed E-state index contributed by atoms with van der Waals surface area (Å²) in [6, 6.07) is 0. The second kappa shape index (κ2) is 8.62. The molecule has 0 amide bonds. The SMILES string of the molecule is CCCCC[C@H]1CC[C@H](/C=C\[C@H]2CC[C@H](C34CC(CCC)(C3)C4)CC2)CC1. The summed E-state index contributed by atoms with van der Waals surface area (Å²) in [4.78, 5) is 0. The third-order valence-corrected chi connectivity index (χ3v) is 9.36. The van der Waals surface area contributed by atoms with Crippen LogP contribution in [-0.2, 0) is 0 Å². The first-order valence-corrected chi connectivity index (χ1v) is 12.9. The molecular formula is C27H46. The molecule has 27 heavy (non-hydrogen) atoms. The van der Waals surface area contributed by atoms with Gasteiger partial charge in [0.25, 0.3) is 0 Å². The molecule has 0 saturated heterocycles. The minimum Gasteiger partial charge on any atom is -0.0851 e. The highest BCUT2D eigenvalue weighted by molar-refractivity contribution is 5.19. The summed E-state index contributed by atoms with van der Waals surface area (Å²) in [5.74, 6) is 3.98. The number of rotatable bonds is 9. The van der Waals surface area contributed by atoms with Gasteiger partial charge in [-0.1, -0.05) is 58.1 Å². The van der Waals surface area contributed by atoms with Gasteiger partial charge in [-0.3, -0.25) is 0 Å². The van der Waals surface area contributed by atoms with Crippen molar-refractivity contribution < 1.29 is 0 Å². The molecule has 0 N–H and O–H groups in total. The number of unbranched alkanes of at least 4 members (excludes halogenated alkanes) is 2. The van der Waals surface area contributed by atoms with Crippen molar-refractivity contribution in [3.8, 4) is 0 Å². The van der Waals surface area contributed by atoms with Crippen LogP contribution >= 0.6 is 0 Å². The van der Waals surface area contributed by atoms with Crippen LogP contribution in [0.25, 0.3) is 0 Å². The minimum absolute atomic E-state index is 0.847. The monoisotopic (exact) mass is 370 g/mol. The van der Waals surface area contributed by atoms with Gasteiger partial charge in [-0.2, -0.15) is 0 Å². The van der Waals surface area contributed by atoms with Gasteiger partial charge in [-0.25, -0.2) is 0 Å². The van der Waals surface area contributed by atoms with Crippen LogP contribution in [-0.4, -0.2) is 0 Å². The first kappa shape index (κ1) is 20.0. The summed E-state index contributed by atoms with van der Waals surface area (Å²) < 4.78 is 0. The van der Waals surface area contributed by atoms with E-state index < -0.39 is 0 Å². The van der Waals surface area contributed by atoms with Crippen molar-refractivity contribution in [2.75, 3.05) is 0 Å². The van der Waals surface area contributed by atoms with Crippen molar-refractivity contribution >= 4 is 0 Å². The highest BCUT2D eigenvalue weighted by atomic mass is 14.7. The molecule has 0 nitrogen and oxygen atoms in total. The number of allylic oxidation sites excluding steroid dienone is 2. The van der Waals surface area contributed by atoms with E-state index in [4.69, 9.17) is 0 Å². The third-order valence-electron chi connectivity index (χ3n) is 9.36. The molecule has 5 aliphatic rings. The van der Waals surface area contributed by atoms with Gasteiger partial charge < -0.3 is 0 Å². The van der Waals surface area contributed by atoms with E-state index in [2.05, 4.69) is 26.0 Å². The van der Waals surface area contributed by atoms with Crippen LogP contribution in [0.5, 0.6) is 0 Å². The molecule has 0 radical (unpaired) electrons. The van der Waals surface area contributed by atoms with Crippen LogP contribution in [0.1, 0.15) is 123 Å². The van der Waals surface area contributed by atoms with E-state index in [-0.39, 0.29) is 0 Å². The third kappa shape index (κ3) is 4.35. The Hall–Kier alpha value is -0.260. The van der Waals surface area contributed by atoms with Crippen molar-refractivity contribution in [3.63, 3.8) is 0 Å². The molecule has 0 aromatic carbocycles. The normalized spacial score (nSPS) is 44.1. The Morgan fingerprint density at radius 1 is 0.704 bits per heavy atom. The molecule has 5 fully saturated rings. The lowest BCUT2D eigenvalue weighted by atomic mass is 9.30. The standard InChI is InChI=1S/C27H46/c1-3-5-6-7-22-8-10-23(11-9-22)12-13-24-14-16-25(17-15-24)27-19-26(20-27,21-27)18-4-2/h12-13,22-25H,3-11,14-21H2,1-2H3/b13-12-/t22-,23-,24-,25-,26?,27?. The summed E-state index contributed by atoms with van der Waals surface area (Å²) in [5, 5.41) is 0. The van der Waals surface area contributed by atoms with Crippen LogP contribution in [0.2, 0.25) is 0 Å². The van der Waals surface area contributed by atoms with E-state index in [1.807, 2.05) is 0 Å². The van der Waals surface area contributed by atoms with Crippen LogP contribution in [0.4, 0.5) is 0 Å². The molecule has 5 saturated carbocycles. The lowest BCUT2D eigenvalue weighted by Crippen LogP contribution is -2.64.